The molecule has 1 rings (SSSR count). The molecule has 0 amide bonds. The van der Waals surface area contributed by atoms with Crippen molar-refractivity contribution in [2.45, 2.75) is 25.0 Å². The second-order valence-electron chi connectivity index (χ2n) is 3.73. The number of piperidine rings is 1. The van der Waals surface area contributed by atoms with E-state index in [1.807, 2.05) is 0 Å². The van der Waals surface area contributed by atoms with E-state index in [0.717, 1.165) is 25.0 Å². The Morgan fingerprint density at radius 1 is 1.62 bits per heavy atom. The van der Waals surface area contributed by atoms with E-state index in [9.17, 15) is 8.42 Å². The van der Waals surface area contributed by atoms with Crippen LogP contribution >= 0.6 is 0 Å². The van der Waals surface area contributed by atoms with Crippen LogP contribution in [0.5, 0.6) is 0 Å². The van der Waals surface area contributed by atoms with Crippen molar-refractivity contribution in [2.75, 3.05) is 18.8 Å². The van der Waals surface area contributed by atoms with Crippen molar-refractivity contribution < 1.29 is 8.42 Å². The van der Waals surface area contributed by atoms with Crippen molar-refractivity contribution in [2.24, 2.45) is 0 Å². The molecule has 1 fully saturated rings. The van der Waals surface area contributed by atoms with Gasteiger partial charge in [0.25, 0.3) is 0 Å². The largest absolute Gasteiger partial charge is 0.315 e. The van der Waals surface area contributed by atoms with Crippen molar-refractivity contribution in [1.29, 1.82) is 0 Å². The highest BCUT2D eigenvalue weighted by molar-refractivity contribution is 7.92. The normalized spacial score (nSPS) is 24.2. The molecule has 1 saturated heterocycles. The van der Waals surface area contributed by atoms with E-state index >= 15 is 0 Å². The van der Waals surface area contributed by atoms with Crippen LogP contribution in [0.25, 0.3) is 0 Å². The molecular formula is C9H17NO2S. The van der Waals surface area contributed by atoms with Gasteiger partial charge in [0, 0.05) is 6.54 Å². The van der Waals surface area contributed by atoms with Crippen molar-refractivity contribution in [3.63, 3.8) is 0 Å². The van der Waals surface area contributed by atoms with Crippen LogP contribution in [0.15, 0.2) is 12.2 Å². The third-order valence-electron chi connectivity index (χ3n) is 2.21. The molecule has 1 aliphatic heterocycles. The molecule has 0 spiro atoms. The lowest BCUT2D eigenvalue weighted by Gasteiger charge is -2.22. The number of rotatable bonds is 3. The Morgan fingerprint density at radius 3 is 2.77 bits per heavy atom. The lowest BCUT2D eigenvalue weighted by molar-refractivity contribution is 0.498. The summed E-state index contributed by atoms with van der Waals surface area (Å²) in [6.45, 7) is 6.94. The zero-order valence-corrected chi connectivity index (χ0v) is 8.86. The van der Waals surface area contributed by atoms with Crippen molar-refractivity contribution >= 4 is 9.84 Å². The van der Waals surface area contributed by atoms with Gasteiger partial charge < -0.3 is 5.32 Å². The molecule has 0 saturated carbocycles. The van der Waals surface area contributed by atoms with Gasteiger partial charge in [-0.3, -0.25) is 0 Å². The highest BCUT2D eigenvalue weighted by Crippen LogP contribution is 2.14. The SMILES string of the molecule is C=C(C)CS(=O)(=O)C1CCCNC1. The van der Waals surface area contributed by atoms with Gasteiger partial charge in [-0.1, -0.05) is 12.2 Å². The number of hydrogen-bond acceptors (Lipinski definition) is 3. The average molecular weight is 203 g/mol. The molecule has 1 heterocycles. The maximum atomic E-state index is 11.7. The van der Waals surface area contributed by atoms with Crippen LogP contribution in [0, 0.1) is 0 Å². The monoisotopic (exact) mass is 203 g/mol. The van der Waals surface area contributed by atoms with Gasteiger partial charge >= 0.3 is 0 Å². The predicted octanol–water partition coefficient (Wildman–Crippen LogP) is 0.729. The standard InChI is InChI=1S/C9H17NO2S/c1-8(2)7-13(11,12)9-4-3-5-10-6-9/h9-10H,1,3-7H2,2H3. The third kappa shape index (κ3) is 3.12. The fourth-order valence-corrected chi connectivity index (χ4v) is 3.41. The summed E-state index contributed by atoms with van der Waals surface area (Å²) in [5.74, 6) is 0.138. The van der Waals surface area contributed by atoms with E-state index in [1.54, 1.807) is 6.92 Å². The first-order valence-corrected chi connectivity index (χ1v) is 6.30. The van der Waals surface area contributed by atoms with Crippen molar-refractivity contribution in [3.05, 3.63) is 12.2 Å². The Morgan fingerprint density at radius 2 is 2.31 bits per heavy atom. The summed E-state index contributed by atoms with van der Waals surface area (Å²) in [5, 5.41) is 2.91. The summed E-state index contributed by atoms with van der Waals surface area (Å²) in [7, 11) is -2.94. The molecule has 1 unspecified atom stereocenters. The van der Waals surface area contributed by atoms with E-state index in [0.29, 0.717) is 6.54 Å². The van der Waals surface area contributed by atoms with Crippen molar-refractivity contribution in [3.8, 4) is 0 Å². The first-order chi connectivity index (χ1) is 6.02. The molecule has 0 aromatic rings. The van der Waals surface area contributed by atoms with Gasteiger partial charge in [-0.15, -0.1) is 0 Å². The van der Waals surface area contributed by atoms with E-state index in [4.69, 9.17) is 0 Å². The zero-order chi connectivity index (χ0) is 9.90. The van der Waals surface area contributed by atoms with E-state index in [2.05, 4.69) is 11.9 Å². The van der Waals surface area contributed by atoms with Gasteiger partial charge in [0.1, 0.15) is 0 Å². The Hall–Kier alpha value is -0.350. The lowest BCUT2D eigenvalue weighted by Crippen LogP contribution is -2.39. The van der Waals surface area contributed by atoms with Gasteiger partial charge in [0.15, 0.2) is 9.84 Å². The van der Waals surface area contributed by atoms with Crippen LogP contribution in [-0.2, 0) is 9.84 Å². The Bertz CT molecular complexity index is 276. The maximum Gasteiger partial charge on any atom is 0.158 e. The first kappa shape index (κ1) is 10.7. The van der Waals surface area contributed by atoms with Crippen LogP contribution in [0.3, 0.4) is 0 Å². The lowest BCUT2D eigenvalue weighted by atomic mass is 10.2. The molecule has 1 N–H and O–H groups in total. The second kappa shape index (κ2) is 4.24. The first-order valence-electron chi connectivity index (χ1n) is 4.59. The minimum absolute atomic E-state index is 0.138. The Kier molecular flexibility index (Phi) is 3.50. The fourth-order valence-electron chi connectivity index (χ4n) is 1.59. The summed E-state index contributed by atoms with van der Waals surface area (Å²) in [6, 6.07) is 0. The molecule has 76 valence electrons. The molecule has 13 heavy (non-hydrogen) atoms. The molecule has 1 atom stereocenters. The molecular weight excluding hydrogens is 186 g/mol. The van der Waals surface area contributed by atoms with Gasteiger partial charge in [-0.05, 0) is 26.3 Å². The average Bonchev–Trinajstić information content (AvgIpc) is 2.04. The van der Waals surface area contributed by atoms with Crippen LogP contribution in [0.1, 0.15) is 19.8 Å². The highest BCUT2D eigenvalue weighted by atomic mass is 32.2. The summed E-state index contributed by atoms with van der Waals surface area (Å²) in [5.41, 5.74) is 0.727. The molecule has 4 heteroatoms. The van der Waals surface area contributed by atoms with Crippen LogP contribution in [0.2, 0.25) is 0 Å². The molecule has 1 aliphatic rings. The molecule has 0 bridgehead atoms. The van der Waals surface area contributed by atoms with Crippen molar-refractivity contribution in [1.82, 2.24) is 5.32 Å². The smallest absolute Gasteiger partial charge is 0.158 e. The van der Waals surface area contributed by atoms with Gasteiger partial charge in [-0.25, -0.2) is 8.42 Å². The molecule has 0 radical (unpaired) electrons. The Labute approximate surface area is 80.1 Å². The summed E-state index contributed by atoms with van der Waals surface area (Å²) >= 11 is 0. The number of nitrogens with one attached hydrogen (secondary N) is 1. The van der Waals surface area contributed by atoms with Gasteiger partial charge in [0.2, 0.25) is 0 Å². The fraction of sp³-hybridized carbons (Fsp3) is 0.778. The summed E-state index contributed by atoms with van der Waals surface area (Å²) in [4.78, 5) is 0. The zero-order valence-electron chi connectivity index (χ0n) is 8.04. The van der Waals surface area contributed by atoms with Gasteiger partial charge in [-0.2, -0.15) is 0 Å². The third-order valence-corrected chi connectivity index (χ3v) is 4.52. The van der Waals surface area contributed by atoms with E-state index < -0.39 is 9.84 Å². The molecule has 0 aromatic heterocycles. The Balaban J connectivity index is 2.62. The molecule has 0 aliphatic carbocycles. The summed E-state index contributed by atoms with van der Waals surface area (Å²) < 4.78 is 23.4. The second-order valence-corrected chi connectivity index (χ2v) is 6.01. The van der Waals surface area contributed by atoms with E-state index in [-0.39, 0.29) is 11.0 Å². The highest BCUT2D eigenvalue weighted by Gasteiger charge is 2.26. The minimum atomic E-state index is -2.94. The van der Waals surface area contributed by atoms with Crippen LogP contribution in [0.4, 0.5) is 0 Å². The van der Waals surface area contributed by atoms with Crippen LogP contribution in [-0.4, -0.2) is 32.5 Å². The summed E-state index contributed by atoms with van der Waals surface area (Å²) in [6.07, 6.45) is 1.75. The maximum absolute atomic E-state index is 11.7. The van der Waals surface area contributed by atoms with Crippen LogP contribution < -0.4 is 5.32 Å². The minimum Gasteiger partial charge on any atom is -0.315 e. The molecule has 0 aromatic carbocycles. The number of hydrogen-bond donors (Lipinski definition) is 1. The van der Waals surface area contributed by atoms with E-state index in [1.165, 1.54) is 0 Å². The van der Waals surface area contributed by atoms with Gasteiger partial charge in [0.05, 0.1) is 11.0 Å². The molecule has 3 nitrogen and oxygen atoms in total. The quantitative estimate of drug-likeness (QED) is 0.688. The predicted molar refractivity (Wildman–Crippen MR) is 54.5 cm³/mol. The number of sulfone groups is 1. The topological polar surface area (TPSA) is 46.2 Å².